The van der Waals surface area contributed by atoms with Crippen molar-refractivity contribution in [1.29, 1.82) is 0 Å². The number of fused-ring (bicyclic) bond motifs is 1. The van der Waals surface area contributed by atoms with E-state index in [9.17, 15) is 18.0 Å². The van der Waals surface area contributed by atoms with E-state index < -0.39 is 11.7 Å². The Morgan fingerprint density at radius 2 is 1.83 bits per heavy atom. The molecule has 0 saturated heterocycles. The van der Waals surface area contributed by atoms with Crippen LogP contribution in [-0.2, 0) is 12.7 Å². The lowest BCUT2D eigenvalue weighted by molar-refractivity contribution is -0.137. The second-order valence-electron chi connectivity index (χ2n) is 6.43. The fourth-order valence-corrected chi connectivity index (χ4v) is 3.74. The number of hydrogen-bond acceptors (Lipinski definition) is 3. The van der Waals surface area contributed by atoms with E-state index in [0.29, 0.717) is 27.7 Å². The van der Waals surface area contributed by atoms with Gasteiger partial charge in [0.05, 0.1) is 27.2 Å². The lowest BCUT2D eigenvalue weighted by Crippen LogP contribution is -2.23. The number of nitrogens with zero attached hydrogens (tertiary/aromatic N) is 1. The Morgan fingerprint density at radius 1 is 1.00 bits per heavy atom. The smallest absolute Gasteiger partial charge is 0.348 e. The zero-order valence-electron chi connectivity index (χ0n) is 15.0. The maximum atomic E-state index is 12.9. The zero-order chi connectivity index (χ0) is 20.4. The topological polar surface area (TPSA) is 42.0 Å². The molecule has 0 bridgehead atoms. The number of nitrogens with one attached hydrogen (secondary N) is 1. The monoisotopic (exact) mass is 412 g/mol. The molecular weight excluding hydrogens is 397 g/mol. The summed E-state index contributed by atoms with van der Waals surface area (Å²) in [6.45, 7) is -0.00621. The summed E-state index contributed by atoms with van der Waals surface area (Å²) >= 11 is 1.52. The van der Waals surface area contributed by atoms with Gasteiger partial charge >= 0.3 is 6.18 Å². The van der Waals surface area contributed by atoms with Crippen molar-refractivity contribution < 1.29 is 18.0 Å². The Hall–Kier alpha value is -3.19. The van der Waals surface area contributed by atoms with Crippen LogP contribution in [0.2, 0.25) is 0 Å². The van der Waals surface area contributed by atoms with E-state index in [1.807, 2.05) is 35.7 Å². The lowest BCUT2D eigenvalue weighted by atomic mass is 10.1. The fourth-order valence-electron chi connectivity index (χ4n) is 3.05. The van der Waals surface area contributed by atoms with Gasteiger partial charge in [0.15, 0.2) is 0 Å². The summed E-state index contributed by atoms with van der Waals surface area (Å²) < 4.78 is 38.7. The van der Waals surface area contributed by atoms with Crippen LogP contribution in [0.4, 0.5) is 13.2 Å². The number of benzene rings is 2. The number of aromatic nitrogens is 1. The van der Waals surface area contributed by atoms with Crippen molar-refractivity contribution in [2.45, 2.75) is 12.7 Å². The lowest BCUT2D eigenvalue weighted by Gasteiger charge is -2.11. The molecule has 0 spiro atoms. The van der Waals surface area contributed by atoms with Gasteiger partial charge in [0.2, 0.25) is 0 Å². The van der Waals surface area contributed by atoms with Crippen molar-refractivity contribution in [2.24, 2.45) is 0 Å². The fraction of sp³-hybridized carbons (Fsp3) is 0.0909. The number of alkyl halides is 3. The van der Waals surface area contributed by atoms with Gasteiger partial charge in [-0.15, -0.1) is 11.3 Å². The molecule has 0 saturated carbocycles. The number of pyridine rings is 1. The first-order chi connectivity index (χ1) is 13.9. The van der Waals surface area contributed by atoms with Gasteiger partial charge in [-0.05, 0) is 41.3 Å². The van der Waals surface area contributed by atoms with Gasteiger partial charge in [-0.2, -0.15) is 13.2 Å². The molecule has 1 amide bonds. The molecule has 2 heterocycles. The van der Waals surface area contributed by atoms with Crippen LogP contribution in [0.1, 0.15) is 21.5 Å². The molecule has 0 fully saturated rings. The quantitative estimate of drug-likeness (QED) is 0.453. The molecule has 0 unspecified atom stereocenters. The number of hydrogen-bond donors (Lipinski definition) is 1. The van der Waals surface area contributed by atoms with Gasteiger partial charge in [0, 0.05) is 11.9 Å². The number of carbonyl (C=O) groups is 1. The summed E-state index contributed by atoms with van der Waals surface area (Å²) in [7, 11) is 0. The number of halogens is 3. The molecule has 146 valence electrons. The van der Waals surface area contributed by atoms with Crippen molar-refractivity contribution in [3.05, 3.63) is 88.8 Å². The standard InChI is InChI=1S/C22H15F3N2OS/c23-22(24,25)15-6-3-5-14(11-15)13-26-21(28)17-12-19(20-9-4-10-29-20)27-18-8-2-1-7-16(17)18/h1-12H,13H2,(H,26,28). The highest BCUT2D eigenvalue weighted by molar-refractivity contribution is 7.13. The van der Waals surface area contributed by atoms with E-state index in [-0.39, 0.29) is 12.5 Å². The van der Waals surface area contributed by atoms with Crippen LogP contribution >= 0.6 is 11.3 Å². The van der Waals surface area contributed by atoms with Crippen LogP contribution in [0.5, 0.6) is 0 Å². The van der Waals surface area contributed by atoms with Crippen molar-refractivity contribution in [3.8, 4) is 10.6 Å². The second kappa shape index (κ2) is 7.67. The molecule has 4 aromatic rings. The van der Waals surface area contributed by atoms with Crippen molar-refractivity contribution in [3.63, 3.8) is 0 Å². The molecule has 29 heavy (non-hydrogen) atoms. The summed E-state index contributed by atoms with van der Waals surface area (Å²) in [5.41, 5.74) is 1.44. The van der Waals surface area contributed by atoms with Crippen LogP contribution in [0, 0.1) is 0 Å². The first-order valence-corrected chi connectivity index (χ1v) is 9.68. The Kier molecular flexibility index (Phi) is 5.07. The average Bonchev–Trinajstić information content (AvgIpc) is 3.26. The van der Waals surface area contributed by atoms with Gasteiger partial charge in [-0.3, -0.25) is 4.79 Å². The van der Waals surface area contributed by atoms with Crippen molar-refractivity contribution in [1.82, 2.24) is 10.3 Å². The minimum Gasteiger partial charge on any atom is -0.348 e. The molecule has 0 atom stereocenters. The molecule has 3 nitrogen and oxygen atoms in total. The maximum absolute atomic E-state index is 12.9. The van der Waals surface area contributed by atoms with Gasteiger partial charge in [-0.1, -0.05) is 36.4 Å². The van der Waals surface area contributed by atoms with Crippen molar-refractivity contribution in [2.75, 3.05) is 0 Å². The van der Waals surface area contributed by atoms with Crippen molar-refractivity contribution >= 4 is 28.1 Å². The molecule has 7 heteroatoms. The Morgan fingerprint density at radius 3 is 2.59 bits per heavy atom. The summed E-state index contributed by atoms with van der Waals surface area (Å²) in [4.78, 5) is 18.4. The van der Waals surface area contributed by atoms with Crippen LogP contribution in [0.15, 0.2) is 72.1 Å². The highest BCUT2D eigenvalue weighted by atomic mass is 32.1. The SMILES string of the molecule is O=C(NCc1cccc(C(F)(F)F)c1)c1cc(-c2cccs2)nc2ccccc12. The van der Waals surface area contributed by atoms with E-state index in [1.165, 1.54) is 17.4 Å². The Bertz CT molecular complexity index is 1170. The highest BCUT2D eigenvalue weighted by Gasteiger charge is 2.30. The predicted octanol–water partition coefficient (Wildman–Crippen LogP) is 5.91. The second-order valence-corrected chi connectivity index (χ2v) is 7.38. The van der Waals surface area contributed by atoms with Gasteiger partial charge in [0.25, 0.3) is 5.91 Å². The van der Waals surface area contributed by atoms with E-state index in [2.05, 4.69) is 10.3 Å². The zero-order valence-corrected chi connectivity index (χ0v) is 15.8. The summed E-state index contributed by atoms with van der Waals surface area (Å²) in [6, 6.07) is 17.8. The minimum absolute atomic E-state index is 0.00621. The van der Waals surface area contributed by atoms with E-state index in [1.54, 1.807) is 18.2 Å². The number of amides is 1. The number of para-hydroxylation sites is 1. The third-order valence-corrected chi connectivity index (χ3v) is 5.33. The largest absolute Gasteiger partial charge is 0.416 e. The van der Waals surface area contributed by atoms with Crippen LogP contribution in [-0.4, -0.2) is 10.9 Å². The van der Waals surface area contributed by atoms with E-state index in [4.69, 9.17) is 0 Å². The van der Waals surface area contributed by atoms with Crippen LogP contribution in [0.25, 0.3) is 21.5 Å². The third-order valence-electron chi connectivity index (χ3n) is 4.44. The summed E-state index contributed by atoms with van der Waals surface area (Å²) in [6.07, 6.45) is -4.42. The Balaban J connectivity index is 1.63. The molecule has 0 radical (unpaired) electrons. The van der Waals surface area contributed by atoms with Crippen LogP contribution in [0.3, 0.4) is 0 Å². The van der Waals surface area contributed by atoms with Gasteiger partial charge in [-0.25, -0.2) is 4.98 Å². The molecule has 2 aromatic carbocycles. The minimum atomic E-state index is -4.42. The molecule has 2 aromatic heterocycles. The van der Waals surface area contributed by atoms with Gasteiger partial charge in [0.1, 0.15) is 0 Å². The molecular formula is C22H15F3N2OS. The molecule has 0 aliphatic carbocycles. The molecule has 1 N–H and O–H groups in total. The molecule has 0 aliphatic heterocycles. The number of thiophene rings is 1. The Labute approximate surface area is 168 Å². The average molecular weight is 412 g/mol. The van der Waals surface area contributed by atoms with Crippen LogP contribution < -0.4 is 5.32 Å². The maximum Gasteiger partial charge on any atom is 0.416 e. The highest BCUT2D eigenvalue weighted by Crippen LogP contribution is 2.30. The van der Waals surface area contributed by atoms with E-state index in [0.717, 1.165) is 17.0 Å². The molecule has 0 aliphatic rings. The number of carbonyl (C=O) groups excluding carboxylic acids is 1. The summed E-state index contributed by atoms with van der Waals surface area (Å²) in [5.74, 6) is -0.362. The third kappa shape index (κ3) is 4.14. The van der Waals surface area contributed by atoms with E-state index >= 15 is 0 Å². The first kappa shape index (κ1) is 19.1. The first-order valence-electron chi connectivity index (χ1n) is 8.80. The normalized spacial score (nSPS) is 11.6. The predicted molar refractivity (Wildman–Crippen MR) is 108 cm³/mol. The number of rotatable bonds is 4. The summed E-state index contributed by atoms with van der Waals surface area (Å²) in [5, 5.41) is 5.35. The van der Waals surface area contributed by atoms with Gasteiger partial charge < -0.3 is 5.32 Å². The molecule has 4 rings (SSSR count).